The normalized spacial score (nSPS) is 11.3. The van der Waals surface area contributed by atoms with Gasteiger partial charge >= 0.3 is 83.7 Å². The second kappa shape index (κ2) is 33.3. The average Bonchev–Trinajstić information content (AvgIpc) is 2.82. The summed E-state index contributed by atoms with van der Waals surface area (Å²) in [5, 5.41) is 17.0. The molecule has 0 unspecified atom stereocenters. The summed E-state index contributed by atoms with van der Waals surface area (Å²) < 4.78 is 0. The van der Waals surface area contributed by atoms with Crippen LogP contribution in [0.2, 0.25) is 105 Å². The van der Waals surface area contributed by atoms with Crippen LogP contribution in [0.4, 0.5) is 0 Å². The second-order valence-corrected chi connectivity index (χ2v) is 67.7. The molecule has 0 aliphatic heterocycles. The molecule has 0 fully saturated rings. The molecule has 0 N–H and O–H groups in total. The average molecular weight is 1480 g/mol. The van der Waals surface area contributed by atoms with Crippen LogP contribution >= 0.6 is 0 Å². The molecule has 0 saturated carbocycles. The fourth-order valence-corrected chi connectivity index (χ4v) is 15.9. The zero-order valence-electron chi connectivity index (χ0n) is 57.5. The maximum absolute atomic E-state index is 2.40. The largest absolute Gasteiger partial charge is 1.00 e. The maximum Gasteiger partial charge on any atom is 0.0776 e. The summed E-state index contributed by atoms with van der Waals surface area (Å²) in [5.41, 5.74) is 16.6. The molecule has 0 bridgehead atoms. The number of benzene rings is 8. The van der Waals surface area contributed by atoms with Crippen molar-refractivity contribution in [1.82, 2.24) is 0 Å². The first-order valence-corrected chi connectivity index (χ1v) is 57.8. The number of rotatable bonds is 8. The van der Waals surface area contributed by atoms with E-state index < -0.39 is 32.3 Å². The third kappa shape index (κ3) is 21.4. The van der Waals surface area contributed by atoms with Crippen LogP contribution < -0.4 is 45.6 Å². The van der Waals surface area contributed by atoms with Gasteiger partial charge in [-0.15, -0.1) is 138 Å². The van der Waals surface area contributed by atoms with Crippen LogP contribution in [-0.4, -0.2) is 43.2 Å². The summed E-state index contributed by atoms with van der Waals surface area (Å²) in [7, 11) is -5.04. The molecule has 0 spiro atoms. The van der Waals surface area contributed by atoms with Crippen molar-refractivity contribution in [3.8, 4) is 44.5 Å². The van der Waals surface area contributed by atoms with Gasteiger partial charge in [0.05, 0.1) is 32.3 Å². The Labute approximate surface area is 589 Å². The van der Waals surface area contributed by atoms with Gasteiger partial charge in [0, 0.05) is 0 Å². The van der Waals surface area contributed by atoms with E-state index in [1.807, 2.05) is 0 Å². The van der Waals surface area contributed by atoms with Crippen LogP contribution in [0.15, 0.2) is 218 Å². The van der Waals surface area contributed by atoms with E-state index in [-0.39, 0.29) is 35.7 Å². The van der Waals surface area contributed by atoms with E-state index in [4.69, 9.17) is 0 Å². The molecule has 12 aromatic rings. The molecule has 0 saturated heterocycles. The van der Waals surface area contributed by atoms with E-state index in [1.54, 1.807) is 46.7 Å². The van der Waals surface area contributed by atoms with Crippen molar-refractivity contribution in [3.05, 3.63) is 241 Å². The van der Waals surface area contributed by atoms with Crippen molar-refractivity contribution in [2.75, 3.05) is 0 Å². The quantitative estimate of drug-likeness (QED) is 0.105. The Balaban J connectivity index is 0.000000208. The third-order valence-corrected chi connectivity index (χ3v) is 23.9. The Morgan fingerprint density at radius 3 is 0.600 bits per heavy atom. The van der Waals surface area contributed by atoms with E-state index in [2.05, 4.69) is 351 Å². The molecular formula is C80H96Cl2Si6Zr2-2. The zero-order valence-corrected chi connectivity index (χ0v) is 70.0. The van der Waals surface area contributed by atoms with E-state index in [0.717, 1.165) is 0 Å². The molecule has 0 radical (unpaired) electrons. The molecule has 0 amide bonds. The minimum absolute atomic E-state index is 0. The molecular weight excluding hydrogens is 1380 g/mol. The summed E-state index contributed by atoms with van der Waals surface area (Å²) in [5.74, 6) is 0. The van der Waals surface area contributed by atoms with Gasteiger partial charge in [-0.25, -0.2) is 0 Å². The van der Waals surface area contributed by atoms with Crippen molar-refractivity contribution in [1.29, 1.82) is 0 Å². The molecule has 0 nitrogen and oxygen atoms in total. The predicted molar refractivity (Wildman–Crippen MR) is 406 cm³/mol. The van der Waals surface area contributed by atoms with Gasteiger partial charge in [0.25, 0.3) is 0 Å². The van der Waals surface area contributed by atoms with Crippen LogP contribution in [0.25, 0.3) is 87.6 Å². The van der Waals surface area contributed by atoms with Gasteiger partial charge < -0.3 is 24.8 Å². The molecule has 0 atom stereocenters. The van der Waals surface area contributed by atoms with Gasteiger partial charge in [-0.2, -0.15) is 24.3 Å². The van der Waals surface area contributed by atoms with Crippen molar-refractivity contribution in [2.45, 2.75) is 132 Å². The van der Waals surface area contributed by atoms with Crippen LogP contribution in [0.5, 0.6) is 0 Å². The summed E-state index contributed by atoms with van der Waals surface area (Å²) >= 11 is 3.48. The molecule has 0 aliphatic rings. The molecule has 90 heavy (non-hydrogen) atoms. The smallest absolute Gasteiger partial charge is 0.0776 e. The summed E-state index contributed by atoms with van der Waals surface area (Å²) in [6, 6.07) is 81.2. The van der Waals surface area contributed by atoms with Crippen molar-refractivity contribution >= 4 is 107 Å². The first-order valence-electron chi connectivity index (χ1n) is 31.4. The molecule has 12 aromatic carbocycles. The first-order chi connectivity index (χ1) is 41.3. The van der Waals surface area contributed by atoms with Crippen molar-refractivity contribution in [3.63, 3.8) is 0 Å². The second-order valence-electron chi connectivity index (χ2n) is 28.7. The molecule has 0 heterocycles. The van der Waals surface area contributed by atoms with Crippen LogP contribution in [0, 0.1) is 27.7 Å². The van der Waals surface area contributed by atoms with Gasteiger partial charge in [0.2, 0.25) is 0 Å². The Hall–Kier alpha value is -4.15. The minimum Gasteiger partial charge on any atom is -1.00 e. The minimum atomic E-state index is -1.26. The molecule has 464 valence electrons. The molecule has 0 aromatic heterocycles. The first kappa shape index (κ1) is 76.6. The zero-order chi connectivity index (χ0) is 64.5. The number of fused-ring (bicyclic) bond motifs is 4. The predicted octanol–water partition coefficient (Wildman–Crippen LogP) is 15.9. The fraction of sp³-hybridized carbons (Fsp3) is 0.250. The van der Waals surface area contributed by atoms with Gasteiger partial charge in [-0.3, -0.25) is 0 Å². The Bertz CT molecular complexity index is 3800. The topological polar surface area (TPSA) is 0 Å². The monoisotopic (exact) mass is 1470 g/mol. The van der Waals surface area contributed by atoms with Gasteiger partial charge in [0.1, 0.15) is 0 Å². The van der Waals surface area contributed by atoms with Crippen LogP contribution in [0.1, 0.15) is 22.3 Å². The summed E-state index contributed by atoms with van der Waals surface area (Å²) in [6.45, 7) is 46.7. The number of halogens is 2. The van der Waals surface area contributed by atoms with E-state index in [0.29, 0.717) is 0 Å². The maximum atomic E-state index is 2.40. The van der Waals surface area contributed by atoms with E-state index >= 15 is 0 Å². The molecule has 0 aliphatic carbocycles. The van der Waals surface area contributed by atoms with Gasteiger partial charge in [-0.1, -0.05) is 271 Å². The SMILES string of the molecule is C[Si](C)=[Zr+2].C[Si](C)=[Zr+2].Cc1cc2c(-c3cccc([Si](C)(C)C)c3)cccc2[cH-]1.Cc1cc2c(-c3cccc([Si](C)(C)C)c3)cccc2[cH-]1.Cc1cc2c(-c3cccc([Si](C)(C)C)c3)cccc2[cH-]1.Cc1cc2c(-c3cccc([Si](C)(C)C)c3)cccc2[cH-]1.[Cl-].[Cl-]. The molecule has 10 heteroatoms. The van der Waals surface area contributed by atoms with Gasteiger partial charge in [0.15, 0.2) is 0 Å². The molecule has 12 rings (SSSR count). The van der Waals surface area contributed by atoms with Crippen LogP contribution in [-0.2, 0) is 46.7 Å². The van der Waals surface area contributed by atoms with Crippen molar-refractivity contribution in [2.24, 2.45) is 0 Å². The summed E-state index contributed by atoms with van der Waals surface area (Å²) in [6.07, 6.45) is 0. The van der Waals surface area contributed by atoms with Crippen LogP contribution in [0.3, 0.4) is 0 Å². The third-order valence-electron chi connectivity index (χ3n) is 15.7. The van der Waals surface area contributed by atoms with Gasteiger partial charge in [-0.05, 0) is 22.3 Å². The Morgan fingerprint density at radius 1 is 0.267 bits per heavy atom. The fourth-order valence-electron chi connectivity index (χ4n) is 11.2. The van der Waals surface area contributed by atoms with E-state index in [1.165, 1.54) is 131 Å². The Morgan fingerprint density at radius 2 is 0.433 bits per heavy atom. The number of hydrogen-bond donors (Lipinski definition) is 0. The summed E-state index contributed by atoms with van der Waals surface area (Å²) in [4.78, 5) is 0. The number of hydrogen-bond acceptors (Lipinski definition) is 0. The van der Waals surface area contributed by atoms with E-state index in [9.17, 15) is 0 Å². The Kier molecular flexibility index (Phi) is 28.3. The van der Waals surface area contributed by atoms with Crippen molar-refractivity contribution < 1.29 is 71.5 Å². The number of aryl methyl sites for hydroxylation is 4. The standard InChI is InChI=1S/4C19H21Si.2C2H6Si.2ClH.2Zr/c4*1-14-11-15-8-6-10-18(19(15)12-14)16-7-5-9-17(13-16)20(2,3)4;2*1-3-2;;;;/h4*5-13H,1-4H3;2*1-2H3;2*1H;;/q4*-1;;;;;2*+2/p-2.